The van der Waals surface area contributed by atoms with Gasteiger partial charge in [-0.3, -0.25) is 15.1 Å². The van der Waals surface area contributed by atoms with Crippen LogP contribution in [0.3, 0.4) is 0 Å². The van der Waals surface area contributed by atoms with Gasteiger partial charge in [-0.1, -0.05) is 50.7 Å². The Morgan fingerprint density at radius 3 is 2.69 bits per heavy atom. The molecule has 2 aromatic rings. The minimum Gasteiger partial charge on any atom is -0.504 e. The summed E-state index contributed by atoms with van der Waals surface area (Å²) in [4.78, 5) is 17.3. The molecular weight excluding hydrogens is 620 g/mol. The van der Waals surface area contributed by atoms with Crippen molar-refractivity contribution in [1.82, 2.24) is 10.6 Å². The number of aliphatic hydroxyl groups excluding tert-OH is 1. The number of aliphatic hydroxyl groups is 1. The van der Waals surface area contributed by atoms with E-state index in [0.717, 1.165) is 53.7 Å². The number of guanidine groups is 1. The number of carbonyl (C=O) groups excluding carboxylic acids is 1. The van der Waals surface area contributed by atoms with Crippen molar-refractivity contribution in [2.75, 3.05) is 33.5 Å². The molecule has 0 spiro atoms. The van der Waals surface area contributed by atoms with Gasteiger partial charge in [-0.2, -0.15) is 0 Å². The van der Waals surface area contributed by atoms with Crippen LogP contribution in [0.25, 0.3) is 0 Å². The predicted octanol–water partition coefficient (Wildman–Crippen LogP) is 4.56. The molecule has 10 heteroatoms. The van der Waals surface area contributed by atoms with Gasteiger partial charge in [0.1, 0.15) is 12.5 Å². The number of Topliss-reactive ketones (excluding diaryl/α,β-unsaturated/α-hetero) is 1. The van der Waals surface area contributed by atoms with E-state index in [1.54, 1.807) is 12.1 Å². The van der Waals surface area contributed by atoms with Crippen LogP contribution in [0.15, 0.2) is 23.2 Å². The number of rotatable bonds is 10. The van der Waals surface area contributed by atoms with E-state index < -0.39 is 6.10 Å². The standard InChI is InChI=1S/C39H54N4O6/c1-25(2)22-42-39(40)41-18-17-26-19-34-28-12-15-32(45)21-31(44)14-11-27-13-16-35(46)37(47-3)33(27)10-6-7-29(20-28)36(38(34)48-23-26)49-24-43-30-8-4-5-9-30/h13,16,20,25-26,30,32,43,45-46H,4-5,7-9,11-12,14-15,17-19,21-24H2,1-3H3,(H3,40,41,42)/t26-,32+/m0/s1. The number of phenols is 1. The molecule has 2 aliphatic carbocycles. The summed E-state index contributed by atoms with van der Waals surface area (Å²) in [6.45, 7) is 6.51. The van der Waals surface area contributed by atoms with Gasteiger partial charge in [0.2, 0.25) is 0 Å². The molecule has 2 aromatic carbocycles. The Morgan fingerprint density at radius 1 is 1.10 bits per heavy atom. The van der Waals surface area contributed by atoms with Crippen LogP contribution in [0.4, 0.5) is 0 Å². The van der Waals surface area contributed by atoms with Crippen molar-refractivity contribution in [1.29, 1.82) is 0 Å². The van der Waals surface area contributed by atoms with Crippen molar-refractivity contribution in [3.63, 3.8) is 0 Å². The molecule has 1 fully saturated rings. The molecule has 0 saturated heterocycles. The van der Waals surface area contributed by atoms with Crippen LogP contribution in [0.1, 0.15) is 93.0 Å². The maximum atomic E-state index is 12.9. The summed E-state index contributed by atoms with van der Waals surface area (Å²) in [7, 11) is 1.50. The molecule has 0 unspecified atom stereocenters. The molecule has 5 rings (SSSR count). The second-order valence-electron chi connectivity index (χ2n) is 14.1. The molecule has 266 valence electrons. The van der Waals surface area contributed by atoms with Gasteiger partial charge >= 0.3 is 0 Å². The number of carbonyl (C=O) groups is 1. The second kappa shape index (κ2) is 17.6. The zero-order valence-corrected chi connectivity index (χ0v) is 29.4. The van der Waals surface area contributed by atoms with Crippen LogP contribution in [0.5, 0.6) is 23.0 Å². The lowest BCUT2D eigenvalue weighted by Crippen LogP contribution is -2.35. The van der Waals surface area contributed by atoms with E-state index in [1.807, 2.05) is 0 Å². The third-order valence-corrected chi connectivity index (χ3v) is 9.70. The molecule has 49 heavy (non-hydrogen) atoms. The third kappa shape index (κ3) is 10.1. The summed E-state index contributed by atoms with van der Waals surface area (Å²) >= 11 is 0. The fraction of sp³-hybridized carbons (Fsp3) is 0.590. The van der Waals surface area contributed by atoms with E-state index >= 15 is 0 Å². The number of ether oxygens (including phenoxy) is 3. The number of phenolic OH excluding ortho intramolecular Hbond substituents is 1. The van der Waals surface area contributed by atoms with Gasteiger partial charge in [0.25, 0.3) is 0 Å². The van der Waals surface area contributed by atoms with Crippen molar-refractivity contribution in [2.45, 2.75) is 103 Å². The summed E-state index contributed by atoms with van der Waals surface area (Å²) < 4.78 is 18.6. The lowest BCUT2D eigenvalue weighted by Gasteiger charge is -2.30. The van der Waals surface area contributed by atoms with E-state index in [2.05, 4.69) is 47.4 Å². The molecule has 2 bridgehead atoms. The highest BCUT2D eigenvalue weighted by molar-refractivity contribution is 5.79. The molecule has 1 aliphatic heterocycles. The van der Waals surface area contributed by atoms with Gasteiger partial charge in [-0.15, -0.1) is 0 Å². The zero-order chi connectivity index (χ0) is 34.8. The Kier molecular flexibility index (Phi) is 13.1. The minimum absolute atomic E-state index is 0.00280. The predicted molar refractivity (Wildman–Crippen MR) is 191 cm³/mol. The highest BCUT2D eigenvalue weighted by atomic mass is 16.5. The molecule has 1 heterocycles. The van der Waals surface area contributed by atoms with E-state index in [0.29, 0.717) is 87.1 Å². The Morgan fingerprint density at radius 2 is 1.92 bits per heavy atom. The molecule has 1 saturated carbocycles. The van der Waals surface area contributed by atoms with Crippen LogP contribution in [-0.4, -0.2) is 67.6 Å². The quantitative estimate of drug-likeness (QED) is 0.106. The number of nitrogens with two attached hydrogens (primary N) is 1. The van der Waals surface area contributed by atoms with Gasteiger partial charge in [0.15, 0.2) is 29.0 Å². The molecule has 2 atom stereocenters. The summed E-state index contributed by atoms with van der Waals surface area (Å²) in [5.41, 5.74) is 10.6. The van der Waals surface area contributed by atoms with E-state index in [4.69, 9.17) is 19.9 Å². The molecule has 3 aliphatic rings. The van der Waals surface area contributed by atoms with Crippen LogP contribution in [0, 0.1) is 23.7 Å². The molecule has 0 amide bonds. The Labute approximate surface area is 291 Å². The average molecular weight is 675 g/mol. The van der Waals surface area contributed by atoms with E-state index in [1.165, 1.54) is 20.0 Å². The first-order valence-electron chi connectivity index (χ1n) is 18.0. The Hall–Kier alpha value is -3.94. The normalized spacial score (nSPS) is 20.3. The Bertz CT molecular complexity index is 1540. The largest absolute Gasteiger partial charge is 0.504 e. The number of methoxy groups -OCH3 is 1. The van der Waals surface area contributed by atoms with Gasteiger partial charge in [0, 0.05) is 49.5 Å². The summed E-state index contributed by atoms with van der Waals surface area (Å²) in [5, 5.41) is 28.3. The summed E-state index contributed by atoms with van der Waals surface area (Å²) in [6, 6.07) is 5.95. The first-order valence-corrected chi connectivity index (χ1v) is 18.0. The highest BCUT2D eigenvalue weighted by Gasteiger charge is 2.29. The van der Waals surface area contributed by atoms with Gasteiger partial charge in [-0.05, 0) is 74.0 Å². The first-order chi connectivity index (χ1) is 23.7. The first kappa shape index (κ1) is 36.3. The second-order valence-corrected chi connectivity index (χ2v) is 14.1. The lowest BCUT2D eigenvalue weighted by atomic mass is 9.86. The van der Waals surface area contributed by atoms with Crippen LogP contribution in [0.2, 0.25) is 0 Å². The number of nitrogens with one attached hydrogen (secondary N) is 2. The van der Waals surface area contributed by atoms with Crippen molar-refractivity contribution >= 4 is 11.7 Å². The van der Waals surface area contributed by atoms with Crippen molar-refractivity contribution in [2.24, 2.45) is 22.6 Å². The fourth-order valence-electron chi connectivity index (χ4n) is 6.97. The topological polar surface area (TPSA) is 148 Å². The maximum Gasteiger partial charge on any atom is 0.188 e. The maximum absolute atomic E-state index is 12.9. The number of fused-ring (bicyclic) bond motifs is 5. The van der Waals surface area contributed by atoms with Crippen LogP contribution >= 0.6 is 0 Å². The average Bonchev–Trinajstić information content (AvgIpc) is 3.60. The monoisotopic (exact) mass is 674 g/mol. The number of aliphatic imine (C=N–C) groups is 1. The number of hydrogen-bond donors (Lipinski definition) is 5. The SMILES string of the molecule is COc1c(O)ccc2c1C#CCc1cc(c3c(c1OCNC1CCCC1)OC[C@@H](CCNC(N)=NCC(C)C)C3)CC[C@@H](O)CC(=O)CC2. The van der Waals surface area contributed by atoms with Gasteiger partial charge in [0.05, 0.1) is 25.4 Å². The summed E-state index contributed by atoms with van der Waals surface area (Å²) in [6.07, 6.45) is 7.89. The molecule has 10 nitrogen and oxygen atoms in total. The molecular formula is C39H54N4O6. The number of benzene rings is 2. The van der Waals surface area contributed by atoms with Crippen molar-refractivity contribution in [3.8, 4) is 34.8 Å². The number of ketones is 1. The lowest BCUT2D eigenvalue weighted by molar-refractivity contribution is -0.121. The minimum atomic E-state index is -0.758. The number of hydrogen-bond acceptors (Lipinski definition) is 8. The third-order valence-electron chi connectivity index (χ3n) is 9.70. The fourth-order valence-corrected chi connectivity index (χ4v) is 6.97. The van der Waals surface area contributed by atoms with Crippen LogP contribution in [-0.2, 0) is 30.5 Å². The zero-order valence-electron chi connectivity index (χ0n) is 29.4. The number of nitrogens with zero attached hydrogens (tertiary/aromatic N) is 1. The molecule has 0 aromatic heterocycles. The molecule has 6 N–H and O–H groups in total. The number of aryl methyl sites for hydroxylation is 2. The van der Waals surface area contributed by atoms with E-state index in [9.17, 15) is 15.0 Å². The smallest absolute Gasteiger partial charge is 0.188 e. The van der Waals surface area contributed by atoms with E-state index in [-0.39, 0.29) is 30.3 Å². The van der Waals surface area contributed by atoms with Gasteiger partial charge < -0.3 is 35.5 Å². The molecule has 0 radical (unpaired) electrons. The van der Waals surface area contributed by atoms with Crippen LogP contribution < -0.4 is 30.6 Å². The van der Waals surface area contributed by atoms with Crippen molar-refractivity contribution in [3.05, 3.63) is 46.0 Å². The number of aromatic hydroxyl groups is 1. The Balaban J connectivity index is 1.47. The highest BCUT2D eigenvalue weighted by Crippen LogP contribution is 2.43. The van der Waals surface area contributed by atoms with Gasteiger partial charge in [-0.25, -0.2) is 0 Å². The summed E-state index contributed by atoms with van der Waals surface area (Å²) in [5.74, 6) is 9.46. The van der Waals surface area contributed by atoms with Crippen molar-refractivity contribution < 1.29 is 29.2 Å².